The predicted molar refractivity (Wildman–Crippen MR) is 91.7 cm³/mol. The van der Waals surface area contributed by atoms with Crippen LogP contribution in [0.3, 0.4) is 0 Å². The molecule has 0 aliphatic heterocycles. The van der Waals surface area contributed by atoms with Crippen LogP contribution < -0.4 is 0 Å². The van der Waals surface area contributed by atoms with E-state index in [9.17, 15) is 14.9 Å². The Labute approximate surface area is 152 Å². The maximum absolute atomic E-state index is 12.1. The normalized spacial score (nSPS) is 10.5. The van der Waals surface area contributed by atoms with Crippen LogP contribution in [0.1, 0.15) is 21.8 Å². The summed E-state index contributed by atoms with van der Waals surface area (Å²) in [5, 5.41) is 15.3. The SMILES string of the molecule is Cc1ccc(C(=O)OCc2nc(-c3cccc(Cl)c3)no2)cc1[N+](=O)[O-]. The van der Waals surface area contributed by atoms with E-state index in [0.717, 1.165) is 0 Å². The molecule has 26 heavy (non-hydrogen) atoms. The van der Waals surface area contributed by atoms with Crippen molar-refractivity contribution < 1.29 is 19.0 Å². The molecule has 0 radical (unpaired) electrons. The average Bonchev–Trinajstić information content (AvgIpc) is 3.09. The van der Waals surface area contributed by atoms with Gasteiger partial charge in [-0.2, -0.15) is 4.98 Å². The Bertz CT molecular complexity index is 986. The molecule has 8 nitrogen and oxygen atoms in total. The highest BCUT2D eigenvalue weighted by Gasteiger charge is 2.17. The molecule has 0 bridgehead atoms. The number of rotatable bonds is 5. The van der Waals surface area contributed by atoms with Gasteiger partial charge in [0, 0.05) is 22.2 Å². The number of hydrogen-bond acceptors (Lipinski definition) is 7. The number of nitro benzene ring substituents is 1. The van der Waals surface area contributed by atoms with Gasteiger partial charge in [-0.15, -0.1) is 0 Å². The topological polar surface area (TPSA) is 108 Å². The lowest BCUT2D eigenvalue weighted by Crippen LogP contribution is -2.06. The van der Waals surface area contributed by atoms with Crippen molar-refractivity contribution in [2.45, 2.75) is 13.5 Å². The third kappa shape index (κ3) is 3.86. The van der Waals surface area contributed by atoms with E-state index in [2.05, 4.69) is 10.1 Å². The molecule has 2 aromatic carbocycles. The summed E-state index contributed by atoms with van der Waals surface area (Å²) >= 11 is 5.91. The summed E-state index contributed by atoms with van der Waals surface area (Å²) in [6, 6.07) is 11.0. The summed E-state index contributed by atoms with van der Waals surface area (Å²) in [4.78, 5) is 26.6. The van der Waals surface area contributed by atoms with Gasteiger partial charge in [0.25, 0.3) is 11.6 Å². The van der Waals surface area contributed by atoms with Crippen molar-refractivity contribution in [2.75, 3.05) is 0 Å². The number of halogens is 1. The van der Waals surface area contributed by atoms with Gasteiger partial charge in [0.2, 0.25) is 5.82 Å². The number of ether oxygens (including phenoxy) is 1. The Hall–Kier alpha value is -3.26. The second-order valence-corrected chi connectivity index (χ2v) is 5.79. The molecule has 1 heterocycles. The minimum absolute atomic E-state index is 0.0666. The maximum atomic E-state index is 12.1. The Morgan fingerprint density at radius 3 is 2.85 bits per heavy atom. The van der Waals surface area contributed by atoms with E-state index in [-0.39, 0.29) is 23.7 Å². The fourth-order valence-electron chi connectivity index (χ4n) is 2.20. The van der Waals surface area contributed by atoms with Gasteiger partial charge in [-0.3, -0.25) is 10.1 Å². The maximum Gasteiger partial charge on any atom is 0.338 e. The van der Waals surface area contributed by atoms with Crippen LogP contribution >= 0.6 is 11.6 Å². The second-order valence-electron chi connectivity index (χ2n) is 5.36. The molecular formula is C17H12ClN3O5. The van der Waals surface area contributed by atoms with Gasteiger partial charge in [0.15, 0.2) is 6.61 Å². The van der Waals surface area contributed by atoms with Gasteiger partial charge in [-0.25, -0.2) is 4.79 Å². The fraction of sp³-hybridized carbons (Fsp3) is 0.118. The number of nitrogens with zero attached hydrogens (tertiary/aromatic N) is 3. The number of carbonyl (C=O) groups excluding carboxylic acids is 1. The highest BCUT2D eigenvalue weighted by Crippen LogP contribution is 2.21. The molecular weight excluding hydrogens is 362 g/mol. The van der Waals surface area contributed by atoms with E-state index >= 15 is 0 Å². The van der Waals surface area contributed by atoms with Crippen molar-refractivity contribution in [3.8, 4) is 11.4 Å². The largest absolute Gasteiger partial charge is 0.452 e. The number of nitro groups is 1. The predicted octanol–water partition coefficient (Wildman–Crippen LogP) is 3.96. The van der Waals surface area contributed by atoms with Crippen molar-refractivity contribution in [3.05, 3.63) is 74.6 Å². The van der Waals surface area contributed by atoms with Crippen molar-refractivity contribution in [3.63, 3.8) is 0 Å². The summed E-state index contributed by atoms with van der Waals surface area (Å²) in [7, 11) is 0. The Kier molecular flexibility index (Phi) is 4.94. The number of aryl methyl sites for hydroxylation is 1. The number of aromatic nitrogens is 2. The summed E-state index contributed by atoms with van der Waals surface area (Å²) in [6.45, 7) is 1.33. The first-order valence-corrected chi connectivity index (χ1v) is 7.82. The summed E-state index contributed by atoms with van der Waals surface area (Å²) < 4.78 is 10.1. The van der Waals surface area contributed by atoms with Crippen LogP contribution in [0.25, 0.3) is 11.4 Å². The zero-order valence-corrected chi connectivity index (χ0v) is 14.3. The molecule has 0 aliphatic carbocycles. The zero-order chi connectivity index (χ0) is 18.7. The van der Waals surface area contributed by atoms with Gasteiger partial charge >= 0.3 is 5.97 Å². The molecule has 0 atom stereocenters. The Morgan fingerprint density at radius 1 is 1.31 bits per heavy atom. The highest BCUT2D eigenvalue weighted by molar-refractivity contribution is 6.30. The number of esters is 1. The van der Waals surface area contributed by atoms with Crippen LogP contribution in [0.4, 0.5) is 5.69 Å². The van der Waals surface area contributed by atoms with Gasteiger partial charge < -0.3 is 9.26 Å². The summed E-state index contributed by atoms with van der Waals surface area (Å²) in [6.07, 6.45) is 0. The van der Waals surface area contributed by atoms with Crippen molar-refractivity contribution in [2.24, 2.45) is 0 Å². The van der Waals surface area contributed by atoms with E-state index in [1.54, 1.807) is 31.2 Å². The molecule has 0 amide bonds. The minimum atomic E-state index is -0.726. The molecule has 3 aromatic rings. The van der Waals surface area contributed by atoms with Crippen LogP contribution in [0.2, 0.25) is 5.02 Å². The van der Waals surface area contributed by atoms with Crippen LogP contribution in [0.15, 0.2) is 47.0 Å². The molecule has 0 spiro atoms. The van der Waals surface area contributed by atoms with Crippen LogP contribution in [0, 0.1) is 17.0 Å². The summed E-state index contributed by atoms with van der Waals surface area (Å²) in [5.74, 6) is -0.324. The first-order valence-electron chi connectivity index (χ1n) is 7.45. The first kappa shape index (κ1) is 17.6. The molecule has 0 aliphatic rings. The third-order valence-electron chi connectivity index (χ3n) is 3.52. The first-order chi connectivity index (χ1) is 12.4. The fourth-order valence-corrected chi connectivity index (χ4v) is 2.39. The zero-order valence-electron chi connectivity index (χ0n) is 13.5. The molecule has 0 N–H and O–H groups in total. The lowest BCUT2D eigenvalue weighted by Gasteiger charge is -2.03. The van der Waals surface area contributed by atoms with E-state index < -0.39 is 10.9 Å². The molecule has 0 unspecified atom stereocenters. The van der Waals surface area contributed by atoms with Crippen LogP contribution in [0.5, 0.6) is 0 Å². The van der Waals surface area contributed by atoms with Gasteiger partial charge in [-0.05, 0) is 25.1 Å². The van der Waals surface area contributed by atoms with Crippen molar-refractivity contribution in [1.29, 1.82) is 0 Å². The van der Waals surface area contributed by atoms with Gasteiger partial charge in [-0.1, -0.05) is 35.0 Å². The lowest BCUT2D eigenvalue weighted by atomic mass is 10.1. The molecule has 3 rings (SSSR count). The van der Waals surface area contributed by atoms with Crippen LogP contribution in [-0.4, -0.2) is 21.0 Å². The van der Waals surface area contributed by atoms with Gasteiger partial charge in [0.1, 0.15) is 0 Å². The third-order valence-corrected chi connectivity index (χ3v) is 3.75. The van der Waals surface area contributed by atoms with Crippen LogP contribution in [-0.2, 0) is 11.3 Å². The average molecular weight is 374 g/mol. The molecule has 0 saturated carbocycles. The van der Waals surface area contributed by atoms with E-state index in [4.69, 9.17) is 20.9 Å². The Balaban J connectivity index is 1.69. The minimum Gasteiger partial charge on any atom is -0.452 e. The number of hydrogen-bond donors (Lipinski definition) is 0. The smallest absolute Gasteiger partial charge is 0.338 e. The summed E-state index contributed by atoms with van der Waals surface area (Å²) in [5.41, 5.74) is 1.03. The lowest BCUT2D eigenvalue weighted by molar-refractivity contribution is -0.385. The van der Waals surface area contributed by atoms with Crippen molar-refractivity contribution >= 4 is 23.3 Å². The number of carbonyl (C=O) groups is 1. The molecule has 1 aromatic heterocycles. The van der Waals surface area contributed by atoms with E-state index in [1.807, 2.05) is 0 Å². The molecule has 0 fully saturated rings. The molecule has 9 heteroatoms. The van der Waals surface area contributed by atoms with E-state index in [1.165, 1.54) is 18.2 Å². The van der Waals surface area contributed by atoms with E-state index in [0.29, 0.717) is 22.0 Å². The molecule has 0 saturated heterocycles. The Morgan fingerprint density at radius 2 is 2.12 bits per heavy atom. The second kappa shape index (κ2) is 7.32. The van der Waals surface area contributed by atoms with Gasteiger partial charge in [0.05, 0.1) is 10.5 Å². The molecule has 132 valence electrons. The van der Waals surface area contributed by atoms with Crippen molar-refractivity contribution in [1.82, 2.24) is 10.1 Å². The quantitative estimate of drug-likeness (QED) is 0.378. The number of benzene rings is 2. The highest BCUT2D eigenvalue weighted by atomic mass is 35.5. The standard InChI is InChI=1S/C17H12ClN3O5/c1-10-5-6-12(8-14(10)21(23)24)17(22)25-9-15-19-16(20-26-15)11-3-2-4-13(18)7-11/h2-8H,9H2,1H3. The monoisotopic (exact) mass is 373 g/mol.